The number of halogens is 3. The van der Waals surface area contributed by atoms with Crippen molar-refractivity contribution in [2.45, 2.75) is 19.6 Å². The smallest absolute Gasteiger partial charge is 0.432 e. The monoisotopic (exact) mass is 546 g/mol. The fraction of sp³-hybridized carbons (Fsp3) is 0.167. The molecule has 7 nitrogen and oxygen atoms in total. The predicted molar refractivity (Wildman–Crippen MR) is 141 cm³/mol. The minimum absolute atomic E-state index is 0.0418. The van der Waals surface area contributed by atoms with Crippen molar-refractivity contribution in [1.82, 2.24) is 9.47 Å². The first-order chi connectivity index (χ1) is 19.2. The summed E-state index contributed by atoms with van der Waals surface area (Å²) in [6.45, 7) is 1.55. The highest BCUT2D eigenvalue weighted by molar-refractivity contribution is 6.15. The van der Waals surface area contributed by atoms with Crippen LogP contribution in [0.5, 0.6) is 5.75 Å². The lowest BCUT2D eigenvalue weighted by Gasteiger charge is -2.32. The molecule has 4 aromatic rings. The van der Waals surface area contributed by atoms with Crippen molar-refractivity contribution >= 4 is 40.0 Å². The van der Waals surface area contributed by atoms with Crippen molar-refractivity contribution in [3.63, 3.8) is 0 Å². The molecule has 0 bridgehead atoms. The summed E-state index contributed by atoms with van der Waals surface area (Å²) in [6, 6.07) is 15.9. The third-order valence-corrected chi connectivity index (χ3v) is 6.67. The third-order valence-electron chi connectivity index (χ3n) is 6.67. The van der Waals surface area contributed by atoms with Crippen molar-refractivity contribution in [2.24, 2.45) is 0 Å². The van der Waals surface area contributed by atoms with E-state index in [0.717, 1.165) is 22.4 Å². The van der Waals surface area contributed by atoms with Crippen LogP contribution in [0.15, 0.2) is 66.9 Å². The van der Waals surface area contributed by atoms with Gasteiger partial charge in [-0.15, -0.1) is 0 Å². The Morgan fingerprint density at radius 3 is 2.20 bits per heavy atom. The number of carbonyl (C=O) groups excluding carboxylic acids is 3. The number of methoxy groups -OCH3 is 1. The fourth-order valence-corrected chi connectivity index (χ4v) is 4.99. The summed E-state index contributed by atoms with van der Waals surface area (Å²) in [7, 11) is 1.54. The number of aromatic nitrogens is 1. The van der Waals surface area contributed by atoms with E-state index in [4.69, 9.17) is 9.47 Å². The molecule has 10 heteroatoms. The third kappa shape index (κ3) is 4.35. The molecule has 202 valence electrons. The maximum absolute atomic E-state index is 14.2. The van der Waals surface area contributed by atoms with Gasteiger partial charge in [0.05, 0.1) is 25.0 Å². The first kappa shape index (κ1) is 26.6. The molecule has 0 saturated carbocycles. The standard InChI is InChI=1S/C30H21F3N2O5/c1-3-40-29(38)23-13-14-34(28(23)30(31,32)33)24-12-11-22-26(17-37)35(15-18-7-9-19(39-2)10-8-18)25(16-36)21-6-4-5-20(24)27(21)22/h4-14H,3,15H2,1-2H3. The van der Waals surface area contributed by atoms with Gasteiger partial charge in [-0.3, -0.25) is 0 Å². The Balaban J connectivity index is 1.70. The van der Waals surface area contributed by atoms with Gasteiger partial charge in [0.25, 0.3) is 0 Å². The van der Waals surface area contributed by atoms with Gasteiger partial charge in [0.1, 0.15) is 22.8 Å². The molecule has 3 aromatic carbocycles. The number of nitrogens with zero attached hydrogens (tertiary/aromatic N) is 2. The number of hydrogen-bond donors (Lipinski definition) is 0. The van der Waals surface area contributed by atoms with E-state index in [1.165, 1.54) is 31.1 Å². The van der Waals surface area contributed by atoms with Crippen LogP contribution < -0.4 is 4.74 Å². The highest BCUT2D eigenvalue weighted by Gasteiger charge is 2.40. The summed E-state index contributed by atoms with van der Waals surface area (Å²) in [5.74, 6) is 3.36. The minimum Gasteiger partial charge on any atom is -0.497 e. The van der Waals surface area contributed by atoms with Crippen LogP contribution in [0.3, 0.4) is 0 Å². The van der Waals surface area contributed by atoms with Gasteiger partial charge in [-0.2, -0.15) is 13.2 Å². The quantitative estimate of drug-likeness (QED) is 0.228. The molecule has 1 aliphatic rings. The number of benzene rings is 3. The highest BCUT2D eigenvalue weighted by atomic mass is 19.4. The van der Waals surface area contributed by atoms with Gasteiger partial charge in [-0.1, -0.05) is 30.3 Å². The number of rotatable bonds is 6. The molecule has 1 aromatic heterocycles. The largest absolute Gasteiger partial charge is 0.497 e. The normalized spacial score (nSPS) is 12.8. The molecule has 1 aliphatic heterocycles. The highest BCUT2D eigenvalue weighted by Crippen LogP contribution is 2.44. The van der Waals surface area contributed by atoms with Gasteiger partial charge in [0.15, 0.2) is 11.9 Å². The van der Waals surface area contributed by atoms with E-state index in [9.17, 15) is 27.6 Å². The van der Waals surface area contributed by atoms with E-state index in [0.29, 0.717) is 27.6 Å². The summed E-state index contributed by atoms with van der Waals surface area (Å²) >= 11 is 0. The molecule has 0 aliphatic carbocycles. The van der Waals surface area contributed by atoms with Crippen LogP contribution >= 0.6 is 0 Å². The van der Waals surface area contributed by atoms with Crippen LogP contribution in [-0.2, 0) is 27.0 Å². The van der Waals surface area contributed by atoms with Crippen LogP contribution in [-0.4, -0.2) is 41.0 Å². The summed E-state index contributed by atoms with van der Waals surface area (Å²) in [6.07, 6.45) is -3.74. The molecule has 0 N–H and O–H groups in total. The Bertz CT molecular complexity index is 1710. The van der Waals surface area contributed by atoms with Crippen LogP contribution in [0, 0.1) is 0 Å². The molecule has 0 fully saturated rings. The van der Waals surface area contributed by atoms with Crippen molar-refractivity contribution in [1.29, 1.82) is 0 Å². The first-order valence-electron chi connectivity index (χ1n) is 12.2. The zero-order chi connectivity index (χ0) is 28.6. The lowest BCUT2D eigenvalue weighted by molar-refractivity contribution is -0.142. The summed E-state index contributed by atoms with van der Waals surface area (Å²) < 4.78 is 53.6. The van der Waals surface area contributed by atoms with Crippen LogP contribution in [0.25, 0.3) is 27.9 Å². The van der Waals surface area contributed by atoms with Gasteiger partial charge in [0, 0.05) is 34.6 Å². The summed E-state index contributed by atoms with van der Waals surface area (Å²) in [5.41, 5.74) is -0.0835. The van der Waals surface area contributed by atoms with E-state index >= 15 is 0 Å². The Kier molecular flexibility index (Phi) is 6.81. The van der Waals surface area contributed by atoms with Crippen LogP contribution in [0.1, 0.15) is 39.7 Å². The average molecular weight is 547 g/mol. The molecule has 5 rings (SSSR count). The Hall–Kier alpha value is -5.04. The second kappa shape index (κ2) is 10.3. The second-order valence-electron chi connectivity index (χ2n) is 8.86. The minimum atomic E-state index is -4.89. The van der Waals surface area contributed by atoms with E-state index in [-0.39, 0.29) is 30.2 Å². The first-order valence-corrected chi connectivity index (χ1v) is 12.2. The predicted octanol–water partition coefficient (Wildman–Crippen LogP) is 5.70. The van der Waals surface area contributed by atoms with Gasteiger partial charge < -0.3 is 18.9 Å². The zero-order valence-electron chi connectivity index (χ0n) is 21.3. The van der Waals surface area contributed by atoms with Gasteiger partial charge >= 0.3 is 12.1 Å². The molecule has 0 unspecified atom stereocenters. The number of alkyl halides is 3. The van der Waals surface area contributed by atoms with Crippen molar-refractivity contribution in [2.75, 3.05) is 13.7 Å². The van der Waals surface area contributed by atoms with Gasteiger partial charge in [-0.05, 0) is 42.8 Å². The molecule has 0 atom stereocenters. The SMILES string of the molecule is CCOC(=O)c1ccn(-c2ccc3c4c(cccc24)C(=C=O)N(Cc2ccc(OC)cc2)C3=C=O)c1C(F)(F)F. The molecular weight excluding hydrogens is 525 g/mol. The zero-order valence-corrected chi connectivity index (χ0v) is 21.3. The number of ether oxygens (including phenoxy) is 2. The average Bonchev–Trinajstić information content (AvgIpc) is 3.40. The summed E-state index contributed by atoms with van der Waals surface area (Å²) in [5, 5.41) is 0.721. The van der Waals surface area contributed by atoms with E-state index < -0.39 is 23.4 Å². The maximum Gasteiger partial charge on any atom is 0.432 e. The summed E-state index contributed by atoms with van der Waals surface area (Å²) in [4.78, 5) is 38.4. The van der Waals surface area contributed by atoms with Crippen molar-refractivity contribution in [3.05, 3.63) is 94.8 Å². The van der Waals surface area contributed by atoms with Crippen molar-refractivity contribution < 1.29 is 37.0 Å². The molecule has 0 saturated heterocycles. The lowest BCUT2D eigenvalue weighted by Crippen LogP contribution is -2.25. The lowest BCUT2D eigenvalue weighted by atomic mass is 9.90. The Labute approximate surface area is 226 Å². The van der Waals surface area contributed by atoms with Gasteiger partial charge in [-0.25, -0.2) is 14.4 Å². The molecule has 2 heterocycles. The van der Waals surface area contributed by atoms with Crippen molar-refractivity contribution in [3.8, 4) is 11.4 Å². The van der Waals surface area contributed by atoms with E-state index in [1.807, 2.05) is 11.9 Å². The maximum atomic E-state index is 14.2. The fourth-order valence-electron chi connectivity index (χ4n) is 4.99. The molecular formula is C30H21F3N2O5. The molecule has 0 radical (unpaired) electrons. The molecule has 40 heavy (non-hydrogen) atoms. The number of hydrogen-bond acceptors (Lipinski definition) is 6. The van der Waals surface area contributed by atoms with E-state index in [1.54, 1.807) is 42.5 Å². The van der Waals surface area contributed by atoms with Crippen LogP contribution in [0.4, 0.5) is 13.2 Å². The second-order valence-corrected chi connectivity index (χ2v) is 8.86. The van der Waals surface area contributed by atoms with Crippen LogP contribution in [0.2, 0.25) is 0 Å². The molecule has 0 amide bonds. The number of carbonyl (C=O) groups is 1. The van der Waals surface area contributed by atoms with E-state index in [2.05, 4.69) is 0 Å². The Morgan fingerprint density at radius 2 is 1.60 bits per heavy atom. The molecule has 0 spiro atoms. The number of esters is 1. The van der Waals surface area contributed by atoms with Gasteiger partial charge in [0.2, 0.25) is 0 Å². The topological polar surface area (TPSA) is 77.8 Å². The Morgan fingerprint density at radius 1 is 0.925 bits per heavy atom.